The third kappa shape index (κ3) is 3.67. The second-order valence-corrected chi connectivity index (χ2v) is 4.34. The first kappa shape index (κ1) is 13.3. The van der Waals surface area contributed by atoms with E-state index in [0.717, 1.165) is 5.56 Å². The highest BCUT2D eigenvalue weighted by atomic mass is 35.5. The van der Waals surface area contributed by atoms with Crippen LogP contribution in [0.5, 0.6) is 0 Å². The van der Waals surface area contributed by atoms with Gasteiger partial charge in [0.25, 0.3) is 0 Å². The van der Waals surface area contributed by atoms with Crippen LogP contribution in [0.15, 0.2) is 18.2 Å². The quantitative estimate of drug-likeness (QED) is 0.870. The summed E-state index contributed by atoms with van der Waals surface area (Å²) in [6, 6.07) is 4.84. The summed E-state index contributed by atoms with van der Waals surface area (Å²) in [5.41, 5.74) is 6.25. The Hall–Kier alpha value is -0.770. The lowest BCUT2D eigenvalue weighted by molar-refractivity contribution is -0.121. The first-order valence-corrected chi connectivity index (χ1v) is 5.74. The lowest BCUT2D eigenvalue weighted by Gasteiger charge is -2.09. The van der Waals surface area contributed by atoms with Crippen LogP contribution in [0.4, 0.5) is 0 Å². The van der Waals surface area contributed by atoms with Crippen molar-refractivity contribution in [2.45, 2.75) is 19.4 Å². The summed E-state index contributed by atoms with van der Waals surface area (Å²) in [5.74, 6) is -0.178. The number of hydrogen-bond acceptors (Lipinski definition) is 2. The fourth-order valence-electron chi connectivity index (χ4n) is 1.24. The molecule has 0 saturated carbocycles. The second kappa shape index (κ2) is 6.09. The van der Waals surface area contributed by atoms with E-state index in [-0.39, 0.29) is 5.91 Å². The molecule has 1 rings (SSSR count). The number of carbonyl (C=O) groups excluding carboxylic acids is 1. The highest BCUT2D eigenvalue weighted by molar-refractivity contribution is 6.35. The fourth-order valence-corrected chi connectivity index (χ4v) is 1.83. The molecule has 0 aliphatic rings. The van der Waals surface area contributed by atoms with Crippen LogP contribution in [0.2, 0.25) is 10.0 Å². The van der Waals surface area contributed by atoms with Crippen molar-refractivity contribution in [3.8, 4) is 0 Å². The summed E-state index contributed by atoms with van der Waals surface area (Å²) >= 11 is 12.0. The molecule has 0 aliphatic heterocycles. The Morgan fingerprint density at radius 3 is 2.50 bits per heavy atom. The second-order valence-electron chi connectivity index (χ2n) is 3.53. The maximum atomic E-state index is 11.2. The van der Waals surface area contributed by atoms with Gasteiger partial charge in [-0.1, -0.05) is 29.3 Å². The molecule has 1 atom stereocenters. The van der Waals surface area contributed by atoms with E-state index in [1.165, 1.54) is 0 Å². The molecule has 0 radical (unpaired) electrons. The number of rotatable bonds is 4. The smallest absolute Gasteiger partial charge is 0.236 e. The Morgan fingerprint density at radius 2 is 2.00 bits per heavy atom. The van der Waals surface area contributed by atoms with Gasteiger partial charge in [0.2, 0.25) is 5.91 Å². The zero-order chi connectivity index (χ0) is 12.1. The zero-order valence-corrected chi connectivity index (χ0v) is 10.5. The van der Waals surface area contributed by atoms with E-state index in [0.29, 0.717) is 23.0 Å². The molecule has 0 spiro atoms. The lowest BCUT2D eigenvalue weighted by Crippen LogP contribution is -2.39. The minimum absolute atomic E-state index is 0.178. The molecule has 0 saturated heterocycles. The van der Waals surface area contributed by atoms with Crippen molar-refractivity contribution < 1.29 is 4.79 Å². The predicted octanol–water partition coefficient (Wildman–Crippen LogP) is 2.00. The van der Waals surface area contributed by atoms with Crippen molar-refractivity contribution in [1.82, 2.24) is 5.32 Å². The molecule has 16 heavy (non-hydrogen) atoms. The molecule has 0 aliphatic carbocycles. The van der Waals surface area contributed by atoms with Gasteiger partial charge in [0, 0.05) is 16.6 Å². The van der Waals surface area contributed by atoms with Gasteiger partial charge in [0.05, 0.1) is 6.04 Å². The summed E-state index contributed by atoms with van der Waals surface area (Å²) in [4.78, 5) is 11.2. The average Bonchev–Trinajstić information content (AvgIpc) is 2.22. The summed E-state index contributed by atoms with van der Waals surface area (Å²) in [7, 11) is 0. The highest BCUT2D eigenvalue weighted by Gasteiger charge is 2.08. The Bertz CT molecular complexity index is 360. The summed E-state index contributed by atoms with van der Waals surface area (Å²) in [6.07, 6.45) is 0.594. The van der Waals surface area contributed by atoms with Gasteiger partial charge in [0.15, 0.2) is 0 Å². The van der Waals surface area contributed by atoms with Gasteiger partial charge in [-0.2, -0.15) is 0 Å². The van der Waals surface area contributed by atoms with Crippen molar-refractivity contribution in [1.29, 1.82) is 0 Å². The minimum atomic E-state index is -0.498. The van der Waals surface area contributed by atoms with E-state index in [9.17, 15) is 4.79 Å². The lowest BCUT2D eigenvalue weighted by atomic mass is 10.1. The normalized spacial score (nSPS) is 12.2. The number of amides is 1. The summed E-state index contributed by atoms with van der Waals surface area (Å²) in [5, 5.41) is 3.93. The molecule has 5 heteroatoms. The fraction of sp³-hybridized carbons (Fsp3) is 0.364. The van der Waals surface area contributed by atoms with Crippen LogP contribution in [0.3, 0.4) is 0 Å². The number of nitrogens with one attached hydrogen (secondary N) is 1. The number of halogens is 2. The molecule has 0 heterocycles. The Labute approximate surface area is 105 Å². The number of hydrogen-bond donors (Lipinski definition) is 2. The molecule has 1 aromatic rings. The van der Waals surface area contributed by atoms with E-state index in [2.05, 4.69) is 5.32 Å². The van der Waals surface area contributed by atoms with Crippen molar-refractivity contribution in [3.05, 3.63) is 33.8 Å². The average molecular weight is 261 g/mol. The van der Waals surface area contributed by atoms with Gasteiger partial charge >= 0.3 is 0 Å². The van der Waals surface area contributed by atoms with E-state index < -0.39 is 6.04 Å². The van der Waals surface area contributed by atoms with Gasteiger partial charge in [-0.05, 0) is 31.0 Å². The van der Waals surface area contributed by atoms with Crippen LogP contribution < -0.4 is 11.1 Å². The van der Waals surface area contributed by atoms with E-state index in [1.807, 2.05) is 0 Å². The monoisotopic (exact) mass is 260 g/mol. The summed E-state index contributed by atoms with van der Waals surface area (Å²) in [6.45, 7) is 2.11. The molecule has 0 fully saturated rings. The molecule has 0 aromatic heterocycles. The third-order valence-corrected chi connectivity index (χ3v) is 2.86. The van der Waals surface area contributed by atoms with Gasteiger partial charge in [-0.3, -0.25) is 4.79 Å². The molecule has 0 unspecified atom stereocenters. The molecular weight excluding hydrogens is 247 g/mol. The van der Waals surface area contributed by atoms with Crippen LogP contribution in [0, 0.1) is 0 Å². The molecule has 3 N–H and O–H groups in total. The van der Waals surface area contributed by atoms with Crippen LogP contribution in [0.1, 0.15) is 12.5 Å². The summed E-state index contributed by atoms with van der Waals surface area (Å²) < 4.78 is 0. The Kier molecular flexibility index (Phi) is 5.06. The third-order valence-electron chi connectivity index (χ3n) is 2.15. The molecular formula is C11H14Cl2N2O. The standard InChI is InChI=1S/C11H14Cl2N2O/c1-7(14)11(16)15-6-5-8-9(12)3-2-4-10(8)13/h2-4,7H,5-6,14H2,1H3,(H,15,16)/t7-/m0/s1. The number of benzene rings is 1. The molecule has 88 valence electrons. The minimum Gasteiger partial charge on any atom is -0.354 e. The van der Waals surface area contributed by atoms with Gasteiger partial charge < -0.3 is 11.1 Å². The molecule has 3 nitrogen and oxygen atoms in total. The molecule has 0 bridgehead atoms. The Morgan fingerprint density at radius 1 is 1.44 bits per heavy atom. The topological polar surface area (TPSA) is 55.1 Å². The highest BCUT2D eigenvalue weighted by Crippen LogP contribution is 2.24. The van der Waals surface area contributed by atoms with Crippen molar-refractivity contribution in [2.24, 2.45) is 5.73 Å². The predicted molar refractivity (Wildman–Crippen MR) is 66.8 cm³/mol. The molecule has 1 aromatic carbocycles. The van der Waals surface area contributed by atoms with E-state index in [4.69, 9.17) is 28.9 Å². The van der Waals surface area contributed by atoms with Crippen LogP contribution in [-0.4, -0.2) is 18.5 Å². The zero-order valence-electron chi connectivity index (χ0n) is 8.97. The largest absolute Gasteiger partial charge is 0.354 e. The van der Waals surface area contributed by atoms with E-state index >= 15 is 0 Å². The Balaban J connectivity index is 2.52. The van der Waals surface area contributed by atoms with Gasteiger partial charge in [-0.25, -0.2) is 0 Å². The number of nitrogens with two attached hydrogens (primary N) is 1. The maximum Gasteiger partial charge on any atom is 0.236 e. The first-order chi connectivity index (χ1) is 7.52. The van der Waals surface area contributed by atoms with Gasteiger partial charge in [-0.15, -0.1) is 0 Å². The SMILES string of the molecule is C[C@H](N)C(=O)NCCc1c(Cl)cccc1Cl. The van der Waals surface area contributed by atoms with Crippen molar-refractivity contribution >= 4 is 29.1 Å². The van der Waals surface area contributed by atoms with Gasteiger partial charge in [0.1, 0.15) is 0 Å². The first-order valence-electron chi connectivity index (χ1n) is 4.98. The maximum absolute atomic E-state index is 11.2. The van der Waals surface area contributed by atoms with Crippen LogP contribution in [0.25, 0.3) is 0 Å². The van der Waals surface area contributed by atoms with Crippen LogP contribution in [-0.2, 0) is 11.2 Å². The van der Waals surface area contributed by atoms with E-state index in [1.54, 1.807) is 25.1 Å². The van der Waals surface area contributed by atoms with Crippen LogP contribution >= 0.6 is 23.2 Å². The number of carbonyl (C=O) groups is 1. The molecule has 1 amide bonds. The van der Waals surface area contributed by atoms with Crippen molar-refractivity contribution in [2.75, 3.05) is 6.54 Å². The van der Waals surface area contributed by atoms with Crippen molar-refractivity contribution in [3.63, 3.8) is 0 Å².